The lowest BCUT2D eigenvalue weighted by Gasteiger charge is -2.14. The maximum Gasteiger partial charge on any atom is 0.196 e. The van der Waals surface area contributed by atoms with Crippen molar-refractivity contribution in [3.63, 3.8) is 0 Å². The van der Waals surface area contributed by atoms with Crippen LogP contribution in [0.3, 0.4) is 0 Å². The zero-order chi connectivity index (χ0) is 17.6. The van der Waals surface area contributed by atoms with Gasteiger partial charge in [-0.3, -0.25) is 4.98 Å². The van der Waals surface area contributed by atoms with Gasteiger partial charge in [-0.2, -0.15) is 0 Å². The van der Waals surface area contributed by atoms with Crippen molar-refractivity contribution in [3.8, 4) is 34.1 Å². The molecule has 3 heterocycles. The summed E-state index contributed by atoms with van der Waals surface area (Å²) in [7, 11) is 0. The van der Waals surface area contributed by atoms with Crippen LogP contribution in [0, 0.1) is 6.92 Å². The van der Waals surface area contributed by atoms with Crippen LogP contribution in [0.15, 0.2) is 36.4 Å². The topological polar surface area (TPSA) is 104 Å². The summed E-state index contributed by atoms with van der Waals surface area (Å²) in [6.45, 7) is 8.38. The zero-order valence-corrected chi connectivity index (χ0v) is 16.4. The van der Waals surface area contributed by atoms with Gasteiger partial charge in [0, 0.05) is 22.3 Å². The molecule has 0 atom stereocenters. The number of aryl methyl sites for hydroxylation is 1. The van der Waals surface area contributed by atoms with Crippen molar-refractivity contribution in [2.45, 2.75) is 33.1 Å². The van der Waals surface area contributed by atoms with Crippen LogP contribution >= 0.6 is 12.4 Å². The van der Waals surface area contributed by atoms with E-state index in [1.807, 2.05) is 43.3 Å². The first-order chi connectivity index (χ1) is 11.9. The van der Waals surface area contributed by atoms with Crippen LogP contribution in [-0.4, -0.2) is 20.4 Å². The minimum absolute atomic E-state index is 0. The molecule has 0 aliphatic carbocycles. The van der Waals surface area contributed by atoms with Gasteiger partial charge in [-0.1, -0.05) is 26.8 Å². The highest BCUT2D eigenvalue weighted by Crippen LogP contribution is 2.38. The van der Waals surface area contributed by atoms with Crippen molar-refractivity contribution in [1.82, 2.24) is 20.6 Å². The zero-order valence-electron chi connectivity index (χ0n) is 15.6. The average molecular weight is 391 g/mol. The number of halogens is 1. The summed E-state index contributed by atoms with van der Waals surface area (Å²) in [5.74, 6) is 2.21. The summed E-state index contributed by atoms with van der Waals surface area (Å²) in [6, 6.07) is 11.7. The Kier molecular flexibility index (Phi) is 5.79. The quantitative estimate of drug-likeness (QED) is 0.696. The molecule has 0 unspecified atom stereocenters. The predicted octanol–water partition coefficient (Wildman–Crippen LogP) is 3.53. The Morgan fingerprint density at radius 2 is 1.70 bits per heavy atom. The van der Waals surface area contributed by atoms with Crippen molar-refractivity contribution >= 4 is 12.4 Å². The number of rotatable bonds is 2. The van der Waals surface area contributed by atoms with Gasteiger partial charge in [-0.05, 0) is 37.3 Å². The molecule has 0 saturated heterocycles. The summed E-state index contributed by atoms with van der Waals surface area (Å²) >= 11 is 0. The number of hydrogen-bond donors (Lipinski definition) is 2. The first-order valence-corrected chi connectivity index (χ1v) is 8.19. The van der Waals surface area contributed by atoms with Gasteiger partial charge < -0.3 is 20.1 Å². The molecular formula is C19H23ClN4O3. The third-order valence-electron chi connectivity index (χ3n) is 4.08. The summed E-state index contributed by atoms with van der Waals surface area (Å²) in [5, 5.41) is 0. The Labute approximate surface area is 163 Å². The molecule has 1 aliphatic rings. The number of hydrogen-bond acceptors (Lipinski definition) is 5. The van der Waals surface area contributed by atoms with E-state index < -0.39 is 0 Å². The lowest BCUT2D eigenvalue weighted by molar-refractivity contribution is 0.0260. The molecule has 0 amide bonds. The molecule has 4 rings (SSSR count). The van der Waals surface area contributed by atoms with Gasteiger partial charge in [0.2, 0.25) is 0 Å². The van der Waals surface area contributed by atoms with E-state index in [2.05, 4.69) is 36.4 Å². The van der Waals surface area contributed by atoms with Gasteiger partial charge >= 0.3 is 0 Å². The maximum absolute atomic E-state index is 5.27. The average Bonchev–Trinajstić information content (AvgIpc) is 3.20. The van der Waals surface area contributed by atoms with Crippen LogP contribution in [0.5, 0.6) is 11.5 Å². The predicted molar refractivity (Wildman–Crippen MR) is 106 cm³/mol. The fourth-order valence-electron chi connectivity index (χ4n) is 2.74. The Bertz CT molecular complexity index is 950. The second-order valence-corrected chi connectivity index (χ2v) is 7.17. The second-order valence-electron chi connectivity index (χ2n) is 7.17. The highest BCUT2D eigenvalue weighted by Gasteiger charge is 2.24. The molecule has 7 nitrogen and oxygen atoms in total. The largest absolute Gasteiger partial charge is 0.412 e. The monoisotopic (exact) mass is 390 g/mol. The standard InChI is InChI=1S/C19H20N4O2.ClH.H2O/c1-11-6-5-7-13(20-11)17-16(21-18(22-17)19(2,3)4)12-8-9-14-15(10-12)25-23-24-14;;/h5-10,23H,1-4H3,(H,21,22);1H;1H2. The van der Waals surface area contributed by atoms with E-state index in [1.165, 1.54) is 0 Å². The Morgan fingerprint density at radius 3 is 2.41 bits per heavy atom. The molecule has 0 bridgehead atoms. The summed E-state index contributed by atoms with van der Waals surface area (Å²) in [5.41, 5.74) is 6.83. The van der Waals surface area contributed by atoms with Gasteiger partial charge in [0.25, 0.3) is 0 Å². The number of fused-ring (bicyclic) bond motifs is 1. The van der Waals surface area contributed by atoms with E-state index in [4.69, 9.17) is 14.7 Å². The Balaban J connectivity index is 0.00000131. The minimum atomic E-state index is -0.102. The lowest BCUT2D eigenvalue weighted by atomic mass is 9.96. The molecule has 4 N–H and O–H groups in total. The molecule has 27 heavy (non-hydrogen) atoms. The SMILES string of the molecule is Cc1cccc(-c2[nH]c(C(C)(C)C)nc2-c2ccc3c(c2)ONO3)n1.Cl.O. The fourth-order valence-corrected chi connectivity index (χ4v) is 2.74. The molecule has 0 saturated carbocycles. The normalized spacial score (nSPS) is 12.3. The number of nitrogens with zero attached hydrogens (tertiary/aromatic N) is 2. The number of aromatic amines is 1. The fraction of sp³-hybridized carbons (Fsp3) is 0.263. The van der Waals surface area contributed by atoms with Crippen molar-refractivity contribution in [1.29, 1.82) is 0 Å². The molecular weight excluding hydrogens is 368 g/mol. The number of H-pyrrole nitrogens is 1. The third kappa shape index (κ3) is 3.90. The van der Waals surface area contributed by atoms with Gasteiger partial charge in [0.05, 0.1) is 17.1 Å². The molecule has 0 fully saturated rings. The van der Waals surface area contributed by atoms with Crippen molar-refractivity contribution in [2.75, 3.05) is 0 Å². The molecule has 1 aliphatic heterocycles. The van der Waals surface area contributed by atoms with Gasteiger partial charge in [0.1, 0.15) is 5.82 Å². The minimum Gasteiger partial charge on any atom is -0.412 e. The summed E-state index contributed by atoms with van der Waals surface area (Å²) in [6.07, 6.45) is 0. The van der Waals surface area contributed by atoms with E-state index in [0.717, 1.165) is 34.2 Å². The molecule has 2 aromatic heterocycles. The molecule has 3 aromatic rings. The number of pyridine rings is 1. The van der Waals surface area contributed by atoms with Gasteiger partial charge in [-0.25, -0.2) is 4.98 Å². The van der Waals surface area contributed by atoms with Gasteiger partial charge in [-0.15, -0.1) is 12.4 Å². The number of benzene rings is 1. The third-order valence-corrected chi connectivity index (χ3v) is 4.08. The highest BCUT2D eigenvalue weighted by atomic mass is 35.5. The second kappa shape index (κ2) is 7.56. The maximum atomic E-state index is 5.27. The van der Waals surface area contributed by atoms with Crippen LogP contribution in [0.2, 0.25) is 0 Å². The number of imidazole rings is 1. The first kappa shape index (κ1) is 20.7. The van der Waals surface area contributed by atoms with Crippen LogP contribution in [0.4, 0.5) is 0 Å². The number of nitrogens with one attached hydrogen (secondary N) is 2. The molecule has 0 radical (unpaired) electrons. The van der Waals surface area contributed by atoms with Crippen molar-refractivity contribution in [3.05, 3.63) is 47.9 Å². The van der Waals surface area contributed by atoms with Crippen molar-refractivity contribution in [2.24, 2.45) is 0 Å². The molecule has 1 aromatic carbocycles. The van der Waals surface area contributed by atoms with Crippen LogP contribution in [-0.2, 0) is 5.41 Å². The van der Waals surface area contributed by atoms with Crippen LogP contribution < -0.4 is 15.3 Å². The van der Waals surface area contributed by atoms with Gasteiger partial charge in [0.15, 0.2) is 11.5 Å². The van der Waals surface area contributed by atoms with E-state index >= 15 is 0 Å². The summed E-state index contributed by atoms with van der Waals surface area (Å²) in [4.78, 5) is 23.4. The molecule has 0 spiro atoms. The van der Waals surface area contributed by atoms with E-state index in [-0.39, 0.29) is 23.3 Å². The number of aromatic nitrogens is 3. The van der Waals surface area contributed by atoms with Crippen molar-refractivity contribution < 1.29 is 15.2 Å². The van der Waals surface area contributed by atoms with E-state index in [9.17, 15) is 0 Å². The Hall–Kier alpha value is -2.61. The molecule has 8 heteroatoms. The van der Waals surface area contributed by atoms with Crippen LogP contribution in [0.25, 0.3) is 22.6 Å². The Morgan fingerprint density at radius 1 is 0.963 bits per heavy atom. The van der Waals surface area contributed by atoms with Crippen LogP contribution in [0.1, 0.15) is 32.3 Å². The van der Waals surface area contributed by atoms with E-state index in [0.29, 0.717) is 11.5 Å². The lowest BCUT2D eigenvalue weighted by Crippen LogP contribution is -2.14. The molecule has 144 valence electrons. The first-order valence-electron chi connectivity index (χ1n) is 8.19. The summed E-state index contributed by atoms with van der Waals surface area (Å²) < 4.78 is 0. The van der Waals surface area contributed by atoms with E-state index in [1.54, 1.807) is 0 Å². The highest BCUT2D eigenvalue weighted by molar-refractivity contribution is 5.85. The smallest absolute Gasteiger partial charge is 0.196 e.